The van der Waals surface area contributed by atoms with Crippen LogP contribution < -0.4 is 10.6 Å². The Labute approximate surface area is 298 Å². The number of nitrogens with one attached hydrogen (secondary N) is 2. The molecule has 0 saturated carbocycles. The van der Waals surface area contributed by atoms with E-state index in [-0.39, 0.29) is 24.0 Å². The Kier molecular flexibility index (Phi) is 18.5. The van der Waals surface area contributed by atoms with E-state index in [0.29, 0.717) is 118 Å². The van der Waals surface area contributed by atoms with Gasteiger partial charge in [-0.3, -0.25) is 29.4 Å². The van der Waals surface area contributed by atoms with Gasteiger partial charge >= 0.3 is 0 Å². The van der Waals surface area contributed by atoms with E-state index in [1.807, 2.05) is 30.3 Å². The molecular formula is C36H49N3O12. The van der Waals surface area contributed by atoms with E-state index in [1.54, 1.807) is 18.2 Å². The van der Waals surface area contributed by atoms with E-state index in [0.717, 1.165) is 10.5 Å². The highest BCUT2D eigenvalue weighted by molar-refractivity contribution is 6.25. The summed E-state index contributed by atoms with van der Waals surface area (Å²) in [5, 5.41) is 5.33. The van der Waals surface area contributed by atoms with Gasteiger partial charge in [-0.2, -0.15) is 0 Å². The van der Waals surface area contributed by atoms with Gasteiger partial charge in [0.25, 0.3) is 11.8 Å². The lowest BCUT2D eigenvalue weighted by Gasteiger charge is -2.27. The van der Waals surface area contributed by atoms with Crippen LogP contribution in [-0.4, -0.2) is 140 Å². The lowest BCUT2D eigenvalue weighted by atomic mass is 10.0. The summed E-state index contributed by atoms with van der Waals surface area (Å²) in [6.45, 7) is 7.89. The summed E-state index contributed by atoms with van der Waals surface area (Å²) >= 11 is 0. The molecule has 1 atom stereocenters. The SMILES string of the molecule is O=C1CCC(N2C(=O)c3cccc(NCCOCCOCCOCCOCCOCCOCCOCCOCc4ccccc4)c3C2=O)C(=O)N1. The number of piperidine rings is 1. The number of fused-ring (bicyclic) bond motifs is 1. The van der Waals surface area contributed by atoms with Crippen molar-refractivity contribution in [1.82, 2.24) is 10.2 Å². The molecule has 1 fully saturated rings. The zero-order chi connectivity index (χ0) is 35.9. The first kappa shape index (κ1) is 40.0. The summed E-state index contributed by atoms with van der Waals surface area (Å²) < 4.78 is 44.1. The monoisotopic (exact) mass is 715 g/mol. The van der Waals surface area contributed by atoms with Crippen molar-refractivity contribution in [2.75, 3.05) is 111 Å². The third kappa shape index (κ3) is 14.0. The van der Waals surface area contributed by atoms with Gasteiger partial charge in [-0.25, -0.2) is 0 Å². The number of ether oxygens (including phenoxy) is 8. The predicted octanol–water partition coefficient (Wildman–Crippen LogP) is 1.83. The molecule has 1 unspecified atom stereocenters. The summed E-state index contributed by atoms with van der Waals surface area (Å²) in [5.74, 6) is -2.16. The van der Waals surface area contributed by atoms with Gasteiger partial charge in [0, 0.05) is 18.7 Å². The van der Waals surface area contributed by atoms with Gasteiger partial charge < -0.3 is 43.2 Å². The van der Waals surface area contributed by atoms with Crippen molar-refractivity contribution < 1.29 is 57.1 Å². The van der Waals surface area contributed by atoms with E-state index in [9.17, 15) is 19.2 Å². The van der Waals surface area contributed by atoms with Crippen molar-refractivity contribution in [3.8, 4) is 0 Å². The van der Waals surface area contributed by atoms with Crippen LogP contribution >= 0.6 is 0 Å². The molecule has 2 N–H and O–H groups in total. The number of hydrogen-bond donors (Lipinski definition) is 2. The Balaban J connectivity index is 0.879. The molecule has 15 nitrogen and oxygen atoms in total. The van der Waals surface area contributed by atoms with Gasteiger partial charge in [0.15, 0.2) is 0 Å². The number of anilines is 1. The molecule has 0 spiro atoms. The third-order valence-corrected chi connectivity index (χ3v) is 7.75. The molecule has 2 aliphatic heterocycles. The molecule has 0 bridgehead atoms. The molecule has 0 aromatic heterocycles. The summed E-state index contributed by atoms with van der Waals surface area (Å²) in [6, 6.07) is 13.9. The summed E-state index contributed by atoms with van der Waals surface area (Å²) in [6.07, 6.45) is 0.174. The molecule has 4 amide bonds. The van der Waals surface area contributed by atoms with Crippen LogP contribution in [0.2, 0.25) is 0 Å². The van der Waals surface area contributed by atoms with Gasteiger partial charge in [0.05, 0.1) is 117 Å². The Morgan fingerprint density at radius 3 is 1.63 bits per heavy atom. The molecule has 15 heteroatoms. The lowest BCUT2D eigenvalue weighted by molar-refractivity contribution is -0.136. The molecule has 2 aliphatic rings. The standard InChI is InChI=1S/C36H49N3O12/c40-32-10-9-31(34(41)38-32)39-35(42)29-7-4-8-30(33(29)36(39)43)37-11-12-44-13-14-45-15-16-46-17-18-47-19-20-48-21-22-49-23-24-50-25-26-51-27-28-5-2-1-3-6-28/h1-8,31,37H,9-27H2,(H,38,40,41). The minimum Gasteiger partial charge on any atom is -0.382 e. The molecular weight excluding hydrogens is 666 g/mol. The first-order valence-electron chi connectivity index (χ1n) is 17.3. The lowest BCUT2D eigenvalue weighted by Crippen LogP contribution is -2.54. The van der Waals surface area contributed by atoms with Crippen LogP contribution in [0, 0.1) is 0 Å². The number of carbonyl (C=O) groups excluding carboxylic acids is 4. The summed E-state index contributed by atoms with van der Waals surface area (Å²) in [5.41, 5.74) is 2.06. The molecule has 2 heterocycles. The summed E-state index contributed by atoms with van der Waals surface area (Å²) in [4.78, 5) is 50.8. The first-order valence-corrected chi connectivity index (χ1v) is 17.3. The van der Waals surface area contributed by atoms with Crippen LogP contribution in [0.5, 0.6) is 0 Å². The quantitative estimate of drug-likeness (QED) is 0.0968. The fourth-order valence-electron chi connectivity index (χ4n) is 5.22. The normalized spacial score (nSPS) is 15.8. The highest BCUT2D eigenvalue weighted by atomic mass is 16.6. The third-order valence-electron chi connectivity index (χ3n) is 7.75. The Bertz CT molecular complexity index is 1360. The Morgan fingerprint density at radius 1 is 0.588 bits per heavy atom. The van der Waals surface area contributed by atoms with Crippen LogP contribution in [-0.2, 0) is 54.1 Å². The van der Waals surface area contributed by atoms with Crippen LogP contribution in [0.1, 0.15) is 39.1 Å². The van der Waals surface area contributed by atoms with E-state index in [1.165, 1.54) is 0 Å². The molecule has 280 valence electrons. The number of benzene rings is 2. The van der Waals surface area contributed by atoms with E-state index < -0.39 is 29.7 Å². The fraction of sp³-hybridized carbons (Fsp3) is 0.556. The van der Waals surface area contributed by atoms with Crippen LogP contribution in [0.25, 0.3) is 0 Å². The molecule has 0 radical (unpaired) electrons. The van der Waals surface area contributed by atoms with Gasteiger partial charge in [0.2, 0.25) is 11.8 Å². The molecule has 51 heavy (non-hydrogen) atoms. The van der Waals surface area contributed by atoms with Crippen molar-refractivity contribution in [3.05, 3.63) is 65.2 Å². The minimum atomic E-state index is -1.01. The van der Waals surface area contributed by atoms with Crippen LogP contribution in [0.4, 0.5) is 5.69 Å². The van der Waals surface area contributed by atoms with Gasteiger partial charge in [0.1, 0.15) is 6.04 Å². The average molecular weight is 716 g/mol. The van der Waals surface area contributed by atoms with Gasteiger partial charge in [-0.05, 0) is 24.1 Å². The maximum absolute atomic E-state index is 13.1. The van der Waals surface area contributed by atoms with Crippen molar-refractivity contribution in [3.63, 3.8) is 0 Å². The van der Waals surface area contributed by atoms with E-state index >= 15 is 0 Å². The van der Waals surface area contributed by atoms with Crippen molar-refractivity contribution in [2.45, 2.75) is 25.5 Å². The number of rotatable bonds is 28. The van der Waals surface area contributed by atoms with E-state index in [2.05, 4.69) is 10.6 Å². The zero-order valence-electron chi connectivity index (χ0n) is 29.0. The Morgan fingerprint density at radius 2 is 1.10 bits per heavy atom. The number of hydrogen-bond acceptors (Lipinski definition) is 13. The second-order valence-electron chi connectivity index (χ2n) is 11.4. The van der Waals surface area contributed by atoms with Crippen molar-refractivity contribution in [2.24, 2.45) is 0 Å². The smallest absolute Gasteiger partial charge is 0.264 e. The predicted molar refractivity (Wildman–Crippen MR) is 183 cm³/mol. The fourth-order valence-corrected chi connectivity index (χ4v) is 5.22. The zero-order valence-corrected chi connectivity index (χ0v) is 29.0. The van der Waals surface area contributed by atoms with Crippen molar-refractivity contribution >= 4 is 29.3 Å². The number of amides is 4. The minimum absolute atomic E-state index is 0.0681. The second-order valence-corrected chi connectivity index (χ2v) is 11.4. The van der Waals surface area contributed by atoms with Crippen molar-refractivity contribution in [1.29, 1.82) is 0 Å². The first-order chi connectivity index (χ1) is 25.1. The average Bonchev–Trinajstić information content (AvgIpc) is 3.39. The topological polar surface area (TPSA) is 169 Å². The maximum Gasteiger partial charge on any atom is 0.264 e. The molecule has 0 aliphatic carbocycles. The highest BCUT2D eigenvalue weighted by Crippen LogP contribution is 2.32. The summed E-state index contributed by atoms with van der Waals surface area (Å²) in [7, 11) is 0. The Hall–Kier alpha value is -3.80. The van der Waals surface area contributed by atoms with Crippen LogP contribution in [0.3, 0.4) is 0 Å². The van der Waals surface area contributed by atoms with E-state index in [4.69, 9.17) is 37.9 Å². The molecule has 2 aromatic rings. The molecule has 2 aromatic carbocycles. The number of imide groups is 2. The second kappa shape index (κ2) is 23.6. The van der Waals surface area contributed by atoms with Gasteiger partial charge in [-0.15, -0.1) is 0 Å². The largest absolute Gasteiger partial charge is 0.382 e. The number of carbonyl (C=O) groups is 4. The van der Waals surface area contributed by atoms with Crippen LogP contribution in [0.15, 0.2) is 48.5 Å². The highest BCUT2D eigenvalue weighted by Gasteiger charge is 2.45. The molecule has 4 rings (SSSR count). The van der Waals surface area contributed by atoms with Gasteiger partial charge in [-0.1, -0.05) is 36.4 Å². The maximum atomic E-state index is 13.1. The number of nitrogens with zero attached hydrogens (tertiary/aromatic N) is 1. The molecule has 1 saturated heterocycles.